The van der Waals surface area contributed by atoms with Crippen molar-refractivity contribution >= 4 is 5.96 Å². The van der Waals surface area contributed by atoms with Gasteiger partial charge < -0.3 is 20.1 Å². The number of likely N-dealkylation sites (tertiary alicyclic amines) is 1. The Kier molecular flexibility index (Phi) is 9.07. The Hall–Kier alpha value is -1.63. The topological polar surface area (TPSA) is 58.1 Å². The lowest BCUT2D eigenvalue weighted by Crippen LogP contribution is -2.51. The minimum atomic E-state index is 0.447. The lowest BCUT2D eigenvalue weighted by Gasteiger charge is -2.34. The quantitative estimate of drug-likeness (QED) is 0.386. The Balaban J connectivity index is 1.30. The summed E-state index contributed by atoms with van der Waals surface area (Å²) < 4.78 is 11.1. The number of ether oxygens (including phenoxy) is 2. The smallest absolute Gasteiger partial charge is 0.191 e. The van der Waals surface area contributed by atoms with Gasteiger partial charge in [-0.2, -0.15) is 0 Å². The molecule has 3 rings (SSSR count). The number of nitrogens with one attached hydrogen (secondary N) is 2. The van der Waals surface area contributed by atoms with Gasteiger partial charge in [0.2, 0.25) is 0 Å². The molecule has 0 amide bonds. The number of guanidine groups is 1. The molecule has 2 aliphatic rings. The van der Waals surface area contributed by atoms with Crippen molar-refractivity contribution in [3.63, 3.8) is 0 Å². The van der Waals surface area contributed by atoms with Crippen LogP contribution in [0.2, 0.25) is 0 Å². The van der Waals surface area contributed by atoms with Gasteiger partial charge in [0, 0.05) is 51.9 Å². The summed E-state index contributed by atoms with van der Waals surface area (Å²) in [7, 11) is 1.84. The summed E-state index contributed by atoms with van der Waals surface area (Å²) in [6, 6.07) is 11.2. The second-order valence-corrected chi connectivity index (χ2v) is 7.86. The number of hydrogen-bond acceptors (Lipinski definition) is 4. The maximum atomic E-state index is 5.77. The molecule has 2 fully saturated rings. The first-order valence-corrected chi connectivity index (χ1v) is 10.7. The first kappa shape index (κ1) is 21.1. The zero-order chi connectivity index (χ0) is 19.4. The van der Waals surface area contributed by atoms with E-state index in [1.54, 1.807) is 0 Å². The van der Waals surface area contributed by atoms with E-state index in [0.29, 0.717) is 12.0 Å². The molecule has 2 aliphatic heterocycles. The van der Waals surface area contributed by atoms with Crippen molar-refractivity contribution in [1.29, 1.82) is 0 Å². The van der Waals surface area contributed by atoms with Crippen LogP contribution >= 0.6 is 0 Å². The van der Waals surface area contributed by atoms with E-state index in [1.807, 2.05) is 7.05 Å². The monoisotopic (exact) mass is 388 g/mol. The molecule has 6 nitrogen and oxygen atoms in total. The number of nitrogens with zero attached hydrogens (tertiary/aromatic N) is 2. The van der Waals surface area contributed by atoms with Gasteiger partial charge in [0.15, 0.2) is 5.96 Å². The Morgan fingerprint density at radius 3 is 2.96 bits per heavy atom. The van der Waals surface area contributed by atoms with Crippen LogP contribution in [0.5, 0.6) is 0 Å². The van der Waals surface area contributed by atoms with E-state index < -0.39 is 0 Å². The number of hydrogen-bond donors (Lipinski definition) is 2. The molecule has 0 spiro atoms. The summed E-state index contributed by atoms with van der Waals surface area (Å²) in [4.78, 5) is 6.92. The molecule has 0 saturated carbocycles. The molecule has 0 aromatic heterocycles. The average Bonchev–Trinajstić information content (AvgIpc) is 3.24. The molecule has 28 heavy (non-hydrogen) atoms. The summed E-state index contributed by atoms with van der Waals surface area (Å²) in [5.74, 6) is 1.49. The Bertz CT molecular complexity index is 575. The van der Waals surface area contributed by atoms with E-state index in [-0.39, 0.29) is 0 Å². The lowest BCUT2D eigenvalue weighted by molar-refractivity contribution is 0.0888. The number of piperidine rings is 1. The number of benzene rings is 1. The second-order valence-electron chi connectivity index (χ2n) is 7.86. The van der Waals surface area contributed by atoms with Crippen LogP contribution in [0.3, 0.4) is 0 Å². The molecule has 1 aromatic rings. The van der Waals surface area contributed by atoms with Crippen LogP contribution in [0, 0.1) is 5.92 Å². The average molecular weight is 389 g/mol. The van der Waals surface area contributed by atoms with Crippen molar-refractivity contribution in [1.82, 2.24) is 15.5 Å². The van der Waals surface area contributed by atoms with Crippen LogP contribution in [0.4, 0.5) is 0 Å². The molecule has 156 valence electrons. The Morgan fingerprint density at radius 1 is 1.29 bits per heavy atom. The highest BCUT2D eigenvalue weighted by atomic mass is 16.5. The molecule has 6 heteroatoms. The molecule has 1 aromatic carbocycles. The number of aliphatic imine (C=N–C) groups is 1. The highest BCUT2D eigenvalue weighted by molar-refractivity contribution is 5.79. The van der Waals surface area contributed by atoms with E-state index in [2.05, 4.69) is 50.9 Å². The van der Waals surface area contributed by atoms with Crippen molar-refractivity contribution in [2.75, 3.05) is 53.1 Å². The van der Waals surface area contributed by atoms with Gasteiger partial charge in [0.1, 0.15) is 0 Å². The minimum Gasteiger partial charge on any atom is -0.381 e. The van der Waals surface area contributed by atoms with Gasteiger partial charge in [-0.1, -0.05) is 30.3 Å². The summed E-state index contributed by atoms with van der Waals surface area (Å²) in [6.45, 7) is 7.49. The van der Waals surface area contributed by atoms with E-state index in [4.69, 9.17) is 9.47 Å². The normalized spacial score (nSPS) is 23.7. The number of rotatable bonds is 9. The summed E-state index contributed by atoms with van der Waals surface area (Å²) in [5, 5.41) is 7.02. The van der Waals surface area contributed by atoms with Crippen LogP contribution < -0.4 is 10.6 Å². The fourth-order valence-electron chi connectivity index (χ4n) is 3.89. The largest absolute Gasteiger partial charge is 0.381 e. The fourth-order valence-corrected chi connectivity index (χ4v) is 3.89. The maximum absolute atomic E-state index is 5.77. The standard InChI is InChI=1S/C22H36N4O2/c1-23-22(24-11-6-13-27-17-20-10-14-28-18-20)25-21-9-5-12-26(16-21)15-19-7-3-2-4-8-19/h2-4,7-8,20-21H,5-6,9-18H2,1H3,(H2,23,24,25). The van der Waals surface area contributed by atoms with Crippen molar-refractivity contribution in [2.24, 2.45) is 10.9 Å². The van der Waals surface area contributed by atoms with Crippen molar-refractivity contribution < 1.29 is 9.47 Å². The van der Waals surface area contributed by atoms with Gasteiger partial charge in [0.05, 0.1) is 13.2 Å². The summed E-state index contributed by atoms with van der Waals surface area (Å²) in [5.41, 5.74) is 1.38. The van der Waals surface area contributed by atoms with Gasteiger partial charge in [-0.3, -0.25) is 9.89 Å². The molecular formula is C22H36N4O2. The molecule has 2 atom stereocenters. The summed E-state index contributed by atoms with van der Waals surface area (Å²) in [6.07, 6.45) is 4.54. The van der Waals surface area contributed by atoms with Gasteiger partial charge in [-0.15, -0.1) is 0 Å². The first-order chi connectivity index (χ1) is 13.8. The molecular weight excluding hydrogens is 352 g/mol. The zero-order valence-electron chi connectivity index (χ0n) is 17.2. The Labute approximate surface area is 169 Å². The van der Waals surface area contributed by atoms with Crippen molar-refractivity contribution in [2.45, 2.75) is 38.3 Å². The van der Waals surface area contributed by atoms with E-state index in [1.165, 1.54) is 24.9 Å². The van der Waals surface area contributed by atoms with E-state index in [9.17, 15) is 0 Å². The SMILES string of the molecule is CN=C(NCCCOCC1CCOC1)NC1CCCN(Cc2ccccc2)C1. The van der Waals surface area contributed by atoms with Crippen LogP contribution in [0.25, 0.3) is 0 Å². The predicted octanol–water partition coefficient (Wildman–Crippen LogP) is 2.26. The third-order valence-corrected chi connectivity index (χ3v) is 5.45. The van der Waals surface area contributed by atoms with Crippen molar-refractivity contribution in [3.8, 4) is 0 Å². The maximum Gasteiger partial charge on any atom is 0.191 e. The molecule has 0 bridgehead atoms. The summed E-state index contributed by atoms with van der Waals surface area (Å²) >= 11 is 0. The highest BCUT2D eigenvalue weighted by Gasteiger charge is 2.20. The van der Waals surface area contributed by atoms with Gasteiger partial charge in [0.25, 0.3) is 0 Å². The van der Waals surface area contributed by atoms with Gasteiger partial charge in [-0.05, 0) is 37.8 Å². The molecule has 0 aliphatic carbocycles. The molecule has 2 heterocycles. The molecule has 0 radical (unpaired) electrons. The zero-order valence-corrected chi connectivity index (χ0v) is 17.2. The van der Waals surface area contributed by atoms with Crippen LogP contribution in [-0.4, -0.2) is 70.0 Å². The van der Waals surface area contributed by atoms with Crippen LogP contribution in [-0.2, 0) is 16.0 Å². The van der Waals surface area contributed by atoms with Crippen LogP contribution in [0.15, 0.2) is 35.3 Å². The fraction of sp³-hybridized carbons (Fsp3) is 0.682. The molecule has 2 unspecified atom stereocenters. The highest BCUT2D eigenvalue weighted by Crippen LogP contribution is 2.14. The van der Waals surface area contributed by atoms with E-state index in [0.717, 1.165) is 64.9 Å². The first-order valence-electron chi connectivity index (χ1n) is 10.7. The minimum absolute atomic E-state index is 0.447. The second kappa shape index (κ2) is 12.0. The predicted molar refractivity (Wildman–Crippen MR) is 114 cm³/mol. The molecule has 2 N–H and O–H groups in total. The molecule has 2 saturated heterocycles. The lowest BCUT2D eigenvalue weighted by atomic mass is 10.0. The van der Waals surface area contributed by atoms with Crippen LogP contribution in [0.1, 0.15) is 31.2 Å². The van der Waals surface area contributed by atoms with Gasteiger partial charge >= 0.3 is 0 Å². The van der Waals surface area contributed by atoms with Gasteiger partial charge in [-0.25, -0.2) is 0 Å². The van der Waals surface area contributed by atoms with E-state index >= 15 is 0 Å². The Morgan fingerprint density at radius 2 is 2.18 bits per heavy atom. The third kappa shape index (κ3) is 7.41. The third-order valence-electron chi connectivity index (χ3n) is 5.45. The van der Waals surface area contributed by atoms with Crippen molar-refractivity contribution in [3.05, 3.63) is 35.9 Å².